The van der Waals surface area contributed by atoms with Crippen LogP contribution in [0.15, 0.2) is 24.5 Å². The lowest BCUT2D eigenvalue weighted by Crippen LogP contribution is -2.38. The van der Waals surface area contributed by atoms with Crippen molar-refractivity contribution in [2.45, 2.75) is 20.3 Å². The maximum absolute atomic E-state index is 6.10. The van der Waals surface area contributed by atoms with E-state index in [9.17, 15) is 0 Å². The normalized spacial score (nSPS) is 23.0. The lowest BCUT2D eigenvalue weighted by atomic mass is 9.92. The maximum Gasteiger partial charge on any atom is 0.147 e. The van der Waals surface area contributed by atoms with Gasteiger partial charge < -0.3 is 10.6 Å². The van der Waals surface area contributed by atoms with E-state index in [0.29, 0.717) is 17.7 Å². The van der Waals surface area contributed by atoms with E-state index in [0.717, 1.165) is 24.2 Å². The molecule has 2 aromatic rings. The highest BCUT2D eigenvalue weighted by atomic mass is 32.1. The highest BCUT2D eigenvalue weighted by Gasteiger charge is 2.26. The van der Waals surface area contributed by atoms with Gasteiger partial charge in [0.05, 0.1) is 5.56 Å². The maximum atomic E-state index is 6.10. The lowest BCUT2D eigenvalue weighted by Gasteiger charge is -2.36. The quantitative estimate of drug-likeness (QED) is 0.921. The number of hydrogen-bond donors (Lipinski definition) is 1. The Kier molecular flexibility index (Phi) is 3.61. The highest BCUT2D eigenvalue weighted by molar-refractivity contribution is 7.11. The summed E-state index contributed by atoms with van der Waals surface area (Å²) >= 11 is 1.51. The van der Waals surface area contributed by atoms with Gasteiger partial charge in [0.25, 0.3) is 0 Å². The molecule has 20 heavy (non-hydrogen) atoms. The molecular formula is C15H20N4S. The monoisotopic (exact) mass is 288 g/mol. The van der Waals surface area contributed by atoms with Gasteiger partial charge >= 0.3 is 0 Å². The SMILES string of the molecule is CC1CC(C)CN(c2snc(N)c2-c2ccncc2)C1. The number of piperidine rings is 1. The predicted octanol–water partition coefficient (Wildman–Crippen LogP) is 3.27. The van der Waals surface area contributed by atoms with Gasteiger partial charge in [0, 0.05) is 25.5 Å². The third-order valence-electron chi connectivity index (χ3n) is 3.83. The summed E-state index contributed by atoms with van der Waals surface area (Å²) < 4.78 is 4.38. The van der Waals surface area contributed by atoms with Crippen LogP contribution in [0.5, 0.6) is 0 Å². The Bertz CT molecular complexity index is 571. The van der Waals surface area contributed by atoms with Crippen molar-refractivity contribution in [3.05, 3.63) is 24.5 Å². The van der Waals surface area contributed by atoms with Gasteiger partial charge in [-0.2, -0.15) is 4.37 Å². The summed E-state index contributed by atoms with van der Waals surface area (Å²) in [5.41, 5.74) is 8.27. The molecule has 1 fully saturated rings. The second-order valence-corrected chi connectivity index (χ2v) is 6.59. The molecule has 1 aliphatic rings. The molecule has 0 spiro atoms. The zero-order chi connectivity index (χ0) is 14.1. The summed E-state index contributed by atoms with van der Waals surface area (Å²) in [6, 6.07) is 4.00. The van der Waals surface area contributed by atoms with Crippen LogP contribution in [0.2, 0.25) is 0 Å². The molecule has 3 heterocycles. The van der Waals surface area contributed by atoms with Crippen molar-refractivity contribution in [1.29, 1.82) is 0 Å². The summed E-state index contributed by atoms with van der Waals surface area (Å²) in [6.07, 6.45) is 4.91. The van der Waals surface area contributed by atoms with Crippen LogP contribution in [0.3, 0.4) is 0 Å². The summed E-state index contributed by atoms with van der Waals surface area (Å²) in [7, 11) is 0. The Morgan fingerprint density at radius 1 is 1.20 bits per heavy atom. The van der Waals surface area contributed by atoms with Crippen molar-refractivity contribution in [3.8, 4) is 11.1 Å². The number of nitrogens with zero attached hydrogens (tertiary/aromatic N) is 3. The number of nitrogens with two attached hydrogens (primary N) is 1. The zero-order valence-corrected chi connectivity index (χ0v) is 12.7. The van der Waals surface area contributed by atoms with Crippen molar-refractivity contribution in [1.82, 2.24) is 9.36 Å². The molecule has 0 aliphatic carbocycles. The summed E-state index contributed by atoms with van der Waals surface area (Å²) in [5.74, 6) is 2.06. The van der Waals surface area contributed by atoms with Gasteiger partial charge in [0.1, 0.15) is 10.8 Å². The molecule has 0 amide bonds. The smallest absolute Gasteiger partial charge is 0.147 e. The third-order valence-corrected chi connectivity index (χ3v) is 4.75. The Labute approximate surface area is 123 Å². The molecule has 0 bridgehead atoms. The molecule has 2 unspecified atom stereocenters. The molecule has 4 nitrogen and oxygen atoms in total. The number of hydrogen-bond acceptors (Lipinski definition) is 5. The van der Waals surface area contributed by atoms with Crippen molar-refractivity contribution in [2.24, 2.45) is 11.8 Å². The number of rotatable bonds is 2. The lowest BCUT2D eigenvalue weighted by molar-refractivity contribution is 0.358. The van der Waals surface area contributed by atoms with Gasteiger partial charge in [0.15, 0.2) is 0 Å². The first-order chi connectivity index (χ1) is 9.65. The minimum absolute atomic E-state index is 0.627. The van der Waals surface area contributed by atoms with Gasteiger partial charge in [-0.05, 0) is 47.5 Å². The van der Waals surface area contributed by atoms with Gasteiger partial charge in [-0.25, -0.2) is 0 Å². The van der Waals surface area contributed by atoms with Gasteiger partial charge in [-0.15, -0.1) is 0 Å². The number of nitrogen functional groups attached to an aromatic ring is 1. The van der Waals surface area contributed by atoms with E-state index in [4.69, 9.17) is 5.73 Å². The van der Waals surface area contributed by atoms with E-state index in [1.807, 2.05) is 12.1 Å². The van der Waals surface area contributed by atoms with Crippen molar-refractivity contribution >= 4 is 22.4 Å². The topological polar surface area (TPSA) is 55.0 Å². The van der Waals surface area contributed by atoms with Crippen LogP contribution in [0, 0.1) is 11.8 Å². The van der Waals surface area contributed by atoms with Gasteiger partial charge in [-0.1, -0.05) is 13.8 Å². The first-order valence-corrected chi connectivity index (χ1v) is 7.83. The van der Waals surface area contributed by atoms with Gasteiger partial charge in [-0.3, -0.25) is 4.98 Å². The Hall–Kier alpha value is -1.62. The van der Waals surface area contributed by atoms with Crippen LogP contribution in [0.25, 0.3) is 11.1 Å². The zero-order valence-electron chi connectivity index (χ0n) is 11.9. The van der Waals surface area contributed by atoms with Crippen molar-refractivity contribution in [3.63, 3.8) is 0 Å². The van der Waals surface area contributed by atoms with E-state index >= 15 is 0 Å². The highest BCUT2D eigenvalue weighted by Crippen LogP contribution is 2.41. The average Bonchev–Trinajstić information content (AvgIpc) is 2.80. The first-order valence-electron chi connectivity index (χ1n) is 7.05. The minimum Gasteiger partial charge on any atom is -0.382 e. The minimum atomic E-state index is 0.627. The fraction of sp³-hybridized carbons (Fsp3) is 0.467. The molecule has 0 radical (unpaired) electrons. The standard InChI is InChI=1S/C15H20N4S/c1-10-7-11(2)9-19(8-10)15-13(14(16)18-20-15)12-3-5-17-6-4-12/h3-6,10-11H,7-9H2,1-2H3,(H2,16,18). The first kappa shape index (κ1) is 13.4. The van der Waals surface area contributed by atoms with E-state index in [2.05, 4.69) is 28.1 Å². The molecule has 5 heteroatoms. The second kappa shape index (κ2) is 5.40. The average molecular weight is 288 g/mol. The Morgan fingerprint density at radius 3 is 2.50 bits per heavy atom. The van der Waals surface area contributed by atoms with Crippen LogP contribution >= 0.6 is 11.5 Å². The molecule has 2 N–H and O–H groups in total. The van der Waals surface area contributed by atoms with E-state index < -0.39 is 0 Å². The molecule has 1 saturated heterocycles. The van der Waals surface area contributed by atoms with Crippen LogP contribution in [0.1, 0.15) is 20.3 Å². The molecule has 0 saturated carbocycles. The number of aromatic nitrogens is 2. The van der Waals surface area contributed by atoms with Gasteiger partial charge in [0.2, 0.25) is 0 Å². The predicted molar refractivity (Wildman–Crippen MR) is 84.9 cm³/mol. The number of pyridine rings is 1. The van der Waals surface area contributed by atoms with E-state index in [1.165, 1.54) is 23.0 Å². The number of anilines is 2. The molecule has 3 rings (SSSR count). The Morgan fingerprint density at radius 2 is 1.85 bits per heavy atom. The third kappa shape index (κ3) is 2.50. The molecular weight excluding hydrogens is 268 g/mol. The molecule has 106 valence electrons. The fourth-order valence-electron chi connectivity index (χ4n) is 3.13. The fourth-order valence-corrected chi connectivity index (χ4v) is 3.98. The van der Waals surface area contributed by atoms with Crippen LogP contribution in [0.4, 0.5) is 10.8 Å². The van der Waals surface area contributed by atoms with Crippen LogP contribution in [-0.2, 0) is 0 Å². The largest absolute Gasteiger partial charge is 0.382 e. The van der Waals surface area contributed by atoms with E-state index in [1.54, 1.807) is 12.4 Å². The van der Waals surface area contributed by atoms with Crippen LogP contribution < -0.4 is 10.6 Å². The van der Waals surface area contributed by atoms with E-state index in [-0.39, 0.29) is 0 Å². The molecule has 2 atom stereocenters. The molecule has 0 aromatic carbocycles. The molecule has 2 aromatic heterocycles. The summed E-state index contributed by atoms with van der Waals surface area (Å²) in [4.78, 5) is 6.53. The Balaban J connectivity index is 1.99. The molecule has 1 aliphatic heterocycles. The summed E-state index contributed by atoms with van der Waals surface area (Å²) in [6.45, 7) is 6.81. The van der Waals surface area contributed by atoms with Crippen molar-refractivity contribution in [2.75, 3.05) is 23.7 Å². The van der Waals surface area contributed by atoms with Crippen molar-refractivity contribution < 1.29 is 0 Å². The van der Waals surface area contributed by atoms with Crippen LogP contribution in [-0.4, -0.2) is 22.4 Å². The summed E-state index contributed by atoms with van der Waals surface area (Å²) in [5, 5.41) is 1.20. The second-order valence-electron chi connectivity index (χ2n) is 5.83.